The molecular weight excluding hydrogens is 268 g/mol. The van der Waals surface area contributed by atoms with E-state index in [0.29, 0.717) is 0 Å². The third-order valence-corrected chi connectivity index (χ3v) is 5.60. The Morgan fingerprint density at radius 2 is 2.17 bits per heavy atom. The summed E-state index contributed by atoms with van der Waals surface area (Å²) >= 11 is 3.51. The van der Waals surface area contributed by atoms with E-state index in [4.69, 9.17) is 4.74 Å². The summed E-state index contributed by atoms with van der Waals surface area (Å²) in [6, 6.07) is 2.04. The van der Waals surface area contributed by atoms with Gasteiger partial charge in [0.25, 0.3) is 0 Å². The molecular formula is C12H18N2O2S2. The molecule has 3 rings (SSSR count). The number of thiophene rings is 1. The fourth-order valence-electron chi connectivity index (χ4n) is 2.29. The molecule has 6 heteroatoms. The monoisotopic (exact) mass is 286 g/mol. The minimum absolute atomic E-state index is 0.322. The first-order chi connectivity index (χ1) is 8.83. The van der Waals surface area contributed by atoms with E-state index < -0.39 is 0 Å². The van der Waals surface area contributed by atoms with Crippen molar-refractivity contribution in [2.24, 2.45) is 0 Å². The second kappa shape index (κ2) is 5.90. The van der Waals surface area contributed by atoms with Crippen molar-refractivity contribution in [3.05, 3.63) is 17.0 Å². The van der Waals surface area contributed by atoms with Crippen LogP contribution >= 0.6 is 23.3 Å². The number of aliphatic hydroxyl groups is 1. The van der Waals surface area contributed by atoms with E-state index >= 15 is 0 Å². The molecule has 4 nitrogen and oxygen atoms in total. The van der Waals surface area contributed by atoms with Gasteiger partial charge in [-0.3, -0.25) is 4.90 Å². The minimum Gasteiger partial charge on any atom is -0.387 e. The fourth-order valence-corrected chi connectivity index (χ4v) is 4.55. The van der Waals surface area contributed by atoms with E-state index in [1.807, 2.05) is 6.07 Å². The van der Waals surface area contributed by atoms with Gasteiger partial charge in [-0.15, -0.1) is 11.3 Å². The summed E-state index contributed by atoms with van der Waals surface area (Å²) in [4.78, 5) is 2.43. The molecule has 1 fully saturated rings. The summed E-state index contributed by atoms with van der Waals surface area (Å²) in [5, 5.41) is 12.1. The molecule has 2 aliphatic heterocycles. The standard InChI is InChI=1S/C12H18N2O2S2/c15-11-9-14(18-12-10(11)1-8-17-12)3-2-13-4-6-16-7-5-13/h1,8,11,15H,2-7,9H2. The summed E-state index contributed by atoms with van der Waals surface area (Å²) in [5.41, 5.74) is 1.10. The maximum Gasteiger partial charge on any atom is 0.0945 e. The zero-order chi connectivity index (χ0) is 12.4. The first-order valence-electron chi connectivity index (χ1n) is 6.31. The highest BCUT2D eigenvalue weighted by atomic mass is 32.2. The molecule has 0 bridgehead atoms. The highest BCUT2D eigenvalue weighted by Crippen LogP contribution is 2.40. The van der Waals surface area contributed by atoms with Gasteiger partial charge in [0.2, 0.25) is 0 Å². The second-order valence-corrected chi connectivity index (χ2v) is 6.89. The normalized spacial score (nSPS) is 26.2. The third-order valence-electron chi connectivity index (χ3n) is 3.38. The van der Waals surface area contributed by atoms with Crippen LogP contribution in [-0.4, -0.2) is 60.2 Å². The summed E-state index contributed by atoms with van der Waals surface area (Å²) in [7, 11) is 0. The van der Waals surface area contributed by atoms with Crippen LogP contribution in [0.3, 0.4) is 0 Å². The molecule has 1 saturated heterocycles. The minimum atomic E-state index is -0.322. The van der Waals surface area contributed by atoms with Gasteiger partial charge < -0.3 is 9.84 Å². The van der Waals surface area contributed by atoms with Gasteiger partial charge in [0.15, 0.2) is 0 Å². The number of aliphatic hydroxyl groups excluding tert-OH is 1. The first kappa shape index (κ1) is 12.9. The molecule has 1 atom stereocenters. The molecule has 0 amide bonds. The van der Waals surface area contributed by atoms with Crippen LogP contribution in [0.1, 0.15) is 11.7 Å². The van der Waals surface area contributed by atoms with E-state index in [9.17, 15) is 5.11 Å². The molecule has 3 heterocycles. The molecule has 18 heavy (non-hydrogen) atoms. The average Bonchev–Trinajstić information content (AvgIpc) is 2.86. The van der Waals surface area contributed by atoms with E-state index in [0.717, 1.165) is 51.5 Å². The number of morpholine rings is 1. The molecule has 100 valence electrons. The topological polar surface area (TPSA) is 35.9 Å². The van der Waals surface area contributed by atoms with Crippen molar-refractivity contribution in [3.8, 4) is 0 Å². The number of ether oxygens (including phenoxy) is 1. The van der Waals surface area contributed by atoms with Crippen molar-refractivity contribution in [3.63, 3.8) is 0 Å². The number of nitrogens with zero attached hydrogens (tertiary/aromatic N) is 2. The Morgan fingerprint density at radius 3 is 3.00 bits per heavy atom. The van der Waals surface area contributed by atoms with Crippen molar-refractivity contribution < 1.29 is 9.84 Å². The van der Waals surface area contributed by atoms with Crippen molar-refractivity contribution in [2.75, 3.05) is 45.9 Å². The smallest absolute Gasteiger partial charge is 0.0945 e. The molecule has 1 aromatic heterocycles. The molecule has 0 saturated carbocycles. The fraction of sp³-hybridized carbons (Fsp3) is 0.667. The Labute approximate surface area is 116 Å². The number of fused-ring (bicyclic) bond motifs is 1. The molecule has 1 N–H and O–H groups in total. The van der Waals surface area contributed by atoms with Crippen molar-refractivity contribution >= 4 is 23.3 Å². The maximum absolute atomic E-state index is 10.1. The molecule has 1 aromatic rings. The molecule has 2 aliphatic rings. The van der Waals surface area contributed by atoms with Crippen molar-refractivity contribution in [2.45, 2.75) is 10.3 Å². The van der Waals surface area contributed by atoms with Crippen LogP contribution in [-0.2, 0) is 4.74 Å². The molecule has 0 aromatic carbocycles. The summed E-state index contributed by atoms with van der Waals surface area (Å²) in [6.45, 7) is 6.56. The summed E-state index contributed by atoms with van der Waals surface area (Å²) in [5.74, 6) is 0. The number of β-amino-alcohol motifs (C(OH)–C–C–N with tert-alkyl or cyclic N) is 1. The largest absolute Gasteiger partial charge is 0.387 e. The van der Waals surface area contributed by atoms with Gasteiger partial charge >= 0.3 is 0 Å². The van der Waals surface area contributed by atoms with Crippen LogP contribution in [0.15, 0.2) is 15.7 Å². The lowest BCUT2D eigenvalue weighted by Gasteiger charge is -2.32. The zero-order valence-corrected chi connectivity index (χ0v) is 11.9. The lowest BCUT2D eigenvalue weighted by molar-refractivity contribution is 0.0351. The SMILES string of the molecule is OC1CN(CCN2CCOCC2)Sc2sccc21. The molecule has 0 spiro atoms. The van der Waals surface area contributed by atoms with Gasteiger partial charge in [-0.1, -0.05) is 0 Å². The summed E-state index contributed by atoms with van der Waals surface area (Å²) in [6.07, 6.45) is -0.322. The van der Waals surface area contributed by atoms with Gasteiger partial charge in [-0.2, -0.15) is 0 Å². The second-order valence-electron chi connectivity index (χ2n) is 4.61. The highest BCUT2D eigenvalue weighted by molar-refractivity contribution is 7.99. The quantitative estimate of drug-likeness (QED) is 0.851. The molecule has 1 unspecified atom stereocenters. The van der Waals surface area contributed by atoms with Crippen molar-refractivity contribution in [1.29, 1.82) is 0 Å². The van der Waals surface area contributed by atoms with Gasteiger partial charge in [0.1, 0.15) is 0 Å². The average molecular weight is 286 g/mol. The van der Waals surface area contributed by atoms with Crippen LogP contribution in [0.25, 0.3) is 0 Å². The van der Waals surface area contributed by atoms with Crippen LogP contribution < -0.4 is 0 Å². The van der Waals surface area contributed by atoms with E-state index in [2.05, 4.69) is 14.6 Å². The number of hydrogen-bond donors (Lipinski definition) is 1. The van der Waals surface area contributed by atoms with Crippen LogP contribution in [0.2, 0.25) is 0 Å². The predicted molar refractivity (Wildman–Crippen MR) is 74.0 cm³/mol. The van der Waals surface area contributed by atoms with Gasteiger partial charge in [0.05, 0.1) is 23.5 Å². The van der Waals surface area contributed by atoms with E-state index in [1.165, 1.54) is 4.21 Å². The highest BCUT2D eigenvalue weighted by Gasteiger charge is 2.25. The Balaban J connectivity index is 1.52. The molecule has 0 aliphatic carbocycles. The lowest BCUT2D eigenvalue weighted by Crippen LogP contribution is -2.41. The summed E-state index contributed by atoms with van der Waals surface area (Å²) < 4.78 is 8.87. The maximum atomic E-state index is 10.1. The Morgan fingerprint density at radius 1 is 1.33 bits per heavy atom. The third kappa shape index (κ3) is 2.89. The zero-order valence-electron chi connectivity index (χ0n) is 10.2. The van der Waals surface area contributed by atoms with Crippen LogP contribution in [0.5, 0.6) is 0 Å². The van der Waals surface area contributed by atoms with E-state index in [1.54, 1.807) is 23.3 Å². The Kier molecular flexibility index (Phi) is 4.23. The van der Waals surface area contributed by atoms with E-state index in [-0.39, 0.29) is 6.10 Å². The van der Waals surface area contributed by atoms with Gasteiger partial charge in [0, 0.05) is 38.3 Å². The van der Waals surface area contributed by atoms with Gasteiger partial charge in [-0.05, 0) is 23.4 Å². The predicted octanol–water partition coefficient (Wildman–Crippen LogP) is 1.44. The number of hydrogen-bond acceptors (Lipinski definition) is 6. The Bertz CT molecular complexity index is 393. The number of rotatable bonds is 3. The van der Waals surface area contributed by atoms with Crippen LogP contribution in [0, 0.1) is 0 Å². The molecule has 0 radical (unpaired) electrons. The Hall–Kier alpha value is -0.110. The van der Waals surface area contributed by atoms with Gasteiger partial charge in [-0.25, -0.2) is 4.31 Å². The van der Waals surface area contributed by atoms with Crippen molar-refractivity contribution in [1.82, 2.24) is 9.21 Å². The first-order valence-corrected chi connectivity index (χ1v) is 7.97. The van der Waals surface area contributed by atoms with Crippen LogP contribution in [0.4, 0.5) is 0 Å². The lowest BCUT2D eigenvalue weighted by atomic mass is 10.2.